The van der Waals surface area contributed by atoms with Crippen molar-refractivity contribution in [1.29, 1.82) is 0 Å². The second-order valence-corrected chi connectivity index (χ2v) is 6.69. The molecule has 0 aromatic rings. The lowest BCUT2D eigenvalue weighted by molar-refractivity contribution is -0.265. The van der Waals surface area contributed by atoms with Crippen LogP contribution < -0.4 is 0 Å². The molecule has 0 amide bonds. The molecule has 1 saturated heterocycles. The Kier molecular flexibility index (Phi) is 3.71. The first-order chi connectivity index (χ1) is 7.94. The van der Waals surface area contributed by atoms with Gasteiger partial charge in [-0.3, -0.25) is 0 Å². The van der Waals surface area contributed by atoms with Crippen molar-refractivity contribution in [3.8, 4) is 0 Å². The fourth-order valence-electron chi connectivity index (χ4n) is 2.27. The molecule has 0 bridgehead atoms. The first-order valence-electron chi connectivity index (χ1n) is 6.13. The highest BCUT2D eigenvalue weighted by molar-refractivity contribution is 7.83. The summed E-state index contributed by atoms with van der Waals surface area (Å²) in [5, 5.41) is 0. The van der Waals surface area contributed by atoms with Gasteiger partial charge in [0.25, 0.3) is 0 Å². The van der Waals surface area contributed by atoms with E-state index in [4.69, 9.17) is 9.47 Å². The molecule has 1 spiro atoms. The average Bonchev–Trinajstić information content (AvgIpc) is 2.25. The summed E-state index contributed by atoms with van der Waals surface area (Å²) in [5.41, 5.74) is 0.888. The van der Waals surface area contributed by atoms with Crippen LogP contribution in [-0.4, -0.2) is 35.2 Å². The number of ether oxygens (including phenoxy) is 2. The Balaban J connectivity index is 2.19. The van der Waals surface area contributed by atoms with Gasteiger partial charge in [-0.1, -0.05) is 13.8 Å². The van der Waals surface area contributed by atoms with E-state index in [0.29, 0.717) is 13.2 Å². The topological polar surface area (TPSA) is 47.9 Å². The standard InChI is InChI=1S/C12H21NO3S/c1-11(2)8-15-12(16-9-11)7-5-4-6-10(12)13-17(3)14/h4-9H2,1-3H3/b13-10+. The van der Waals surface area contributed by atoms with E-state index in [1.807, 2.05) is 0 Å². The summed E-state index contributed by atoms with van der Waals surface area (Å²) in [6.45, 7) is 5.58. The van der Waals surface area contributed by atoms with Crippen molar-refractivity contribution in [2.24, 2.45) is 9.81 Å². The van der Waals surface area contributed by atoms with E-state index in [1.165, 1.54) is 0 Å². The predicted octanol–water partition coefficient (Wildman–Crippen LogP) is 2.06. The van der Waals surface area contributed by atoms with Gasteiger partial charge in [-0.25, -0.2) is 4.21 Å². The molecule has 0 aromatic carbocycles. The molecule has 1 atom stereocenters. The third kappa shape index (κ3) is 2.95. The van der Waals surface area contributed by atoms with Crippen molar-refractivity contribution >= 4 is 16.7 Å². The number of nitrogens with zero attached hydrogens (tertiary/aromatic N) is 1. The van der Waals surface area contributed by atoms with Gasteiger partial charge in [0.15, 0.2) is 0 Å². The van der Waals surface area contributed by atoms with Crippen molar-refractivity contribution in [1.82, 2.24) is 0 Å². The molecule has 1 unspecified atom stereocenters. The van der Waals surface area contributed by atoms with E-state index in [1.54, 1.807) is 6.26 Å². The quantitative estimate of drug-likeness (QED) is 0.724. The fourth-order valence-corrected chi connectivity index (χ4v) is 2.81. The molecule has 0 N–H and O–H groups in total. The summed E-state index contributed by atoms with van der Waals surface area (Å²) >= 11 is 0. The molecule has 2 fully saturated rings. The lowest BCUT2D eigenvalue weighted by atomic mass is 9.88. The Morgan fingerprint density at radius 1 is 1.24 bits per heavy atom. The van der Waals surface area contributed by atoms with Crippen LogP contribution in [0.25, 0.3) is 0 Å². The first kappa shape index (κ1) is 13.2. The van der Waals surface area contributed by atoms with Crippen molar-refractivity contribution in [3.63, 3.8) is 0 Å². The van der Waals surface area contributed by atoms with E-state index in [-0.39, 0.29) is 5.41 Å². The summed E-state index contributed by atoms with van der Waals surface area (Å²) in [5.74, 6) is -0.681. The van der Waals surface area contributed by atoms with E-state index >= 15 is 0 Å². The number of hydrogen-bond donors (Lipinski definition) is 0. The van der Waals surface area contributed by atoms with Crippen molar-refractivity contribution in [2.45, 2.75) is 45.3 Å². The minimum Gasteiger partial charge on any atom is -0.344 e. The van der Waals surface area contributed by atoms with Gasteiger partial charge in [-0.05, 0) is 19.3 Å². The molecule has 2 aliphatic rings. The Bertz CT molecular complexity index is 342. The van der Waals surface area contributed by atoms with E-state index in [0.717, 1.165) is 31.4 Å². The van der Waals surface area contributed by atoms with Gasteiger partial charge in [0.2, 0.25) is 5.79 Å². The molecule has 0 radical (unpaired) electrons. The summed E-state index contributed by atoms with van der Waals surface area (Å²) in [4.78, 5) is 0. The van der Waals surface area contributed by atoms with Crippen molar-refractivity contribution in [3.05, 3.63) is 0 Å². The largest absolute Gasteiger partial charge is 0.344 e. The summed E-state index contributed by atoms with van der Waals surface area (Å²) < 4.78 is 27.4. The molecule has 17 heavy (non-hydrogen) atoms. The van der Waals surface area contributed by atoms with Crippen LogP contribution in [0.1, 0.15) is 39.5 Å². The second kappa shape index (κ2) is 4.78. The maximum atomic E-state index is 11.3. The van der Waals surface area contributed by atoms with Gasteiger partial charge in [0.1, 0.15) is 11.0 Å². The molecule has 1 saturated carbocycles. The molecule has 98 valence electrons. The number of rotatable bonds is 1. The first-order valence-corrected chi connectivity index (χ1v) is 7.65. The highest BCUT2D eigenvalue weighted by Crippen LogP contribution is 2.37. The summed E-state index contributed by atoms with van der Waals surface area (Å²) in [6.07, 6.45) is 5.41. The monoisotopic (exact) mass is 259 g/mol. The Labute approximate surface area is 105 Å². The Hall–Kier alpha value is -0.260. The van der Waals surface area contributed by atoms with Crippen molar-refractivity contribution in [2.75, 3.05) is 19.5 Å². The van der Waals surface area contributed by atoms with Crippen molar-refractivity contribution < 1.29 is 13.7 Å². The molecule has 0 aromatic heterocycles. The highest BCUT2D eigenvalue weighted by Gasteiger charge is 2.46. The van der Waals surface area contributed by atoms with Gasteiger partial charge in [-0.2, -0.15) is 4.40 Å². The van der Waals surface area contributed by atoms with Gasteiger partial charge >= 0.3 is 0 Å². The average molecular weight is 259 g/mol. The van der Waals surface area contributed by atoms with Crippen LogP contribution in [0.15, 0.2) is 4.40 Å². The summed E-state index contributed by atoms with van der Waals surface area (Å²) in [7, 11) is -1.18. The zero-order valence-electron chi connectivity index (χ0n) is 10.8. The van der Waals surface area contributed by atoms with Crippen LogP contribution in [0.5, 0.6) is 0 Å². The van der Waals surface area contributed by atoms with Gasteiger partial charge < -0.3 is 9.47 Å². The summed E-state index contributed by atoms with van der Waals surface area (Å²) in [6, 6.07) is 0. The molecular weight excluding hydrogens is 238 g/mol. The third-order valence-corrected chi connectivity index (χ3v) is 3.72. The minimum atomic E-state index is -1.18. The minimum absolute atomic E-state index is 0.0547. The molecular formula is C12H21NO3S. The molecule has 5 heteroatoms. The van der Waals surface area contributed by atoms with Crippen LogP contribution in [0.4, 0.5) is 0 Å². The molecule has 1 heterocycles. The van der Waals surface area contributed by atoms with E-state index in [2.05, 4.69) is 18.2 Å². The van der Waals surface area contributed by atoms with Gasteiger partial charge in [-0.15, -0.1) is 0 Å². The fraction of sp³-hybridized carbons (Fsp3) is 0.917. The van der Waals surface area contributed by atoms with Gasteiger partial charge in [0, 0.05) is 18.1 Å². The lowest BCUT2D eigenvalue weighted by Gasteiger charge is -2.45. The van der Waals surface area contributed by atoms with E-state index < -0.39 is 16.8 Å². The maximum absolute atomic E-state index is 11.3. The SMILES string of the molecule is CS(=O)/N=C1\CCCCC12OCC(C)(C)CO2. The van der Waals surface area contributed by atoms with Crippen LogP contribution in [-0.2, 0) is 20.5 Å². The van der Waals surface area contributed by atoms with Crippen LogP contribution in [0.2, 0.25) is 0 Å². The van der Waals surface area contributed by atoms with Crippen LogP contribution >= 0.6 is 0 Å². The maximum Gasteiger partial charge on any atom is 0.209 e. The molecule has 4 nitrogen and oxygen atoms in total. The number of hydrogen-bond acceptors (Lipinski definition) is 3. The zero-order chi connectivity index (χ0) is 12.5. The normalized spacial score (nSPS) is 31.6. The smallest absolute Gasteiger partial charge is 0.209 e. The van der Waals surface area contributed by atoms with Crippen LogP contribution in [0.3, 0.4) is 0 Å². The third-order valence-electron chi connectivity index (χ3n) is 3.24. The molecule has 2 rings (SSSR count). The van der Waals surface area contributed by atoms with E-state index in [9.17, 15) is 4.21 Å². The molecule has 1 aliphatic heterocycles. The lowest BCUT2D eigenvalue weighted by Crippen LogP contribution is -2.54. The predicted molar refractivity (Wildman–Crippen MR) is 68.4 cm³/mol. The second-order valence-electron chi connectivity index (χ2n) is 5.66. The highest BCUT2D eigenvalue weighted by atomic mass is 32.2. The van der Waals surface area contributed by atoms with Gasteiger partial charge in [0.05, 0.1) is 18.9 Å². The van der Waals surface area contributed by atoms with Crippen LogP contribution in [0, 0.1) is 5.41 Å². The zero-order valence-corrected chi connectivity index (χ0v) is 11.6. The Morgan fingerprint density at radius 3 is 2.47 bits per heavy atom. The Morgan fingerprint density at radius 2 is 1.88 bits per heavy atom. The molecule has 1 aliphatic carbocycles.